The minimum Gasteiger partial charge on any atom is -0.443 e. The summed E-state index contributed by atoms with van der Waals surface area (Å²) in [4.78, 5) is 22.5. The molecule has 0 fully saturated rings. The Bertz CT molecular complexity index is 1390. The minimum absolute atomic E-state index is 0.0837. The van der Waals surface area contributed by atoms with Crippen LogP contribution in [0.5, 0.6) is 0 Å². The molecule has 0 aliphatic rings. The van der Waals surface area contributed by atoms with Crippen molar-refractivity contribution in [1.29, 1.82) is 0 Å². The maximum atomic E-state index is 9.06. The standard InChI is InChI=1S/C23H18BrN5O2S.C2H5NO.CH5N/c1-14(9-15-5-3-2-4-6-15)20-28-29-22(31-20)19-12-16(10-17-13-32-23(24)26-17)11-18(27-19)21-25-7-8-30-21;1-3-2-4;1-2/h2-8,11-14H,9-10H2,1H3;2H,1H3,(H,3,4);2H2,1H3. The van der Waals surface area contributed by atoms with Crippen molar-refractivity contribution in [1.82, 2.24) is 30.5 Å². The summed E-state index contributed by atoms with van der Waals surface area (Å²) in [5.41, 5.74) is 8.86. The highest BCUT2D eigenvalue weighted by atomic mass is 79.9. The lowest BCUT2D eigenvalue weighted by Crippen LogP contribution is -1.98. The van der Waals surface area contributed by atoms with Gasteiger partial charge in [-0.1, -0.05) is 37.3 Å². The van der Waals surface area contributed by atoms with E-state index in [0.29, 0.717) is 41.9 Å². The zero-order chi connectivity index (χ0) is 27.3. The Hall–Kier alpha value is -3.74. The van der Waals surface area contributed by atoms with Gasteiger partial charge in [-0.3, -0.25) is 4.79 Å². The van der Waals surface area contributed by atoms with E-state index >= 15 is 0 Å². The molecular formula is C26H28BrN7O3S. The predicted octanol–water partition coefficient (Wildman–Crippen LogP) is 4.88. The number of thiazole rings is 1. The summed E-state index contributed by atoms with van der Waals surface area (Å²) in [7, 11) is 3.06. The van der Waals surface area contributed by atoms with Crippen molar-refractivity contribution in [3.8, 4) is 23.2 Å². The Labute approximate surface area is 232 Å². The number of amides is 1. The maximum Gasteiger partial charge on any atom is 0.266 e. The van der Waals surface area contributed by atoms with Gasteiger partial charge in [0.2, 0.25) is 18.2 Å². The zero-order valence-electron chi connectivity index (χ0n) is 21.2. The first-order chi connectivity index (χ1) is 18.6. The Balaban J connectivity index is 0.000000612. The number of carbonyl (C=O) groups is 1. The second-order valence-corrected chi connectivity index (χ2v) is 9.93. The number of hydrogen-bond acceptors (Lipinski definition) is 10. The Morgan fingerprint density at radius 3 is 2.39 bits per heavy atom. The molecule has 5 aromatic rings. The molecule has 1 amide bonds. The van der Waals surface area contributed by atoms with Crippen molar-refractivity contribution < 1.29 is 13.6 Å². The van der Waals surface area contributed by atoms with E-state index in [1.807, 2.05) is 35.7 Å². The van der Waals surface area contributed by atoms with Crippen LogP contribution in [0, 0.1) is 0 Å². The number of oxazole rings is 1. The summed E-state index contributed by atoms with van der Waals surface area (Å²) < 4.78 is 12.3. The van der Waals surface area contributed by atoms with Gasteiger partial charge in [0.15, 0.2) is 3.92 Å². The average Bonchev–Trinajstić information content (AvgIpc) is 3.73. The number of halogens is 1. The maximum absolute atomic E-state index is 9.06. The highest BCUT2D eigenvalue weighted by molar-refractivity contribution is 9.11. The second-order valence-electron chi connectivity index (χ2n) is 7.79. The summed E-state index contributed by atoms with van der Waals surface area (Å²) in [5.74, 6) is 1.47. The van der Waals surface area contributed by atoms with Crippen LogP contribution in [0.15, 0.2) is 73.1 Å². The molecule has 0 radical (unpaired) electrons. The van der Waals surface area contributed by atoms with Crippen LogP contribution in [0.25, 0.3) is 23.2 Å². The SMILES string of the molecule is CC(Cc1ccccc1)c1nnc(-c2cc(Cc3csc(Br)n3)cc(-c3ncco3)n2)o1.CN.CNC=O. The van der Waals surface area contributed by atoms with E-state index in [9.17, 15) is 0 Å². The molecule has 1 atom stereocenters. The highest BCUT2D eigenvalue weighted by Crippen LogP contribution is 2.28. The van der Waals surface area contributed by atoms with Crippen molar-refractivity contribution in [3.63, 3.8) is 0 Å². The summed E-state index contributed by atoms with van der Waals surface area (Å²) in [6.07, 6.45) is 5.20. The molecule has 12 heteroatoms. The van der Waals surface area contributed by atoms with Crippen molar-refractivity contribution >= 4 is 33.7 Å². The number of nitrogens with one attached hydrogen (secondary N) is 1. The largest absolute Gasteiger partial charge is 0.443 e. The van der Waals surface area contributed by atoms with E-state index < -0.39 is 0 Å². The molecular weight excluding hydrogens is 570 g/mol. The van der Waals surface area contributed by atoms with Crippen molar-refractivity contribution in [2.75, 3.05) is 14.1 Å². The molecule has 3 N–H and O–H groups in total. The molecule has 10 nitrogen and oxygen atoms in total. The molecule has 198 valence electrons. The van der Waals surface area contributed by atoms with Crippen LogP contribution in [0.2, 0.25) is 0 Å². The van der Waals surface area contributed by atoms with Crippen LogP contribution in [0.4, 0.5) is 0 Å². The second kappa shape index (κ2) is 14.9. The number of benzene rings is 1. The van der Waals surface area contributed by atoms with E-state index in [1.165, 1.54) is 18.9 Å². The third-order valence-corrected chi connectivity index (χ3v) is 6.44. The van der Waals surface area contributed by atoms with Gasteiger partial charge in [-0.25, -0.2) is 15.0 Å². The van der Waals surface area contributed by atoms with E-state index in [4.69, 9.17) is 13.6 Å². The van der Waals surface area contributed by atoms with Crippen molar-refractivity contribution in [3.05, 3.63) is 86.9 Å². The number of nitrogens with two attached hydrogens (primary N) is 1. The first-order valence-corrected chi connectivity index (χ1v) is 13.3. The summed E-state index contributed by atoms with van der Waals surface area (Å²) >= 11 is 4.97. The normalized spacial score (nSPS) is 11.0. The third-order valence-electron chi connectivity index (χ3n) is 5.03. The van der Waals surface area contributed by atoms with E-state index in [2.05, 4.69) is 71.2 Å². The first-order valence-electron chi connectivity index (χ1n) is 11.6. The molecule has 0 aliphatic heterocycles. The summed E-state index contributed by atoms with van der Waals surface area (Å²) in [6.45, 7) is 2.08. The van der Waals surface area contributed by atoms with Gasteiger partial charge in [-0.15, -0.1) is 21.5 Å². The lowest BCUT2D eigenvalue weighted by atomic mass is 10.0. The number of rotatable bonds is 8. The number of pyridine rings is 1. The van der Waals surface area contributed by atoms with E-state index in [-0.39, 0.29) is 5.92 Å². The number of aromatic nitrogens is 5. The lowest BCUT2D eigenvalue weighted by molar-refractivity contribution is -0.109. The smallest absolute Gasteiger partial charge is 0.266 e. The lowest BCUT2D eigenvalue weighted by Gasteiger charge is -2.07. The number of carbonyl (C=O) groups excluding carboxylic acids is 1. The molecule has 0 aliphatic carbocycles. The monoisotopic (exact) mass is 597 g/mol. The first kappa shape index (κ1) is 28.8. The number of nitrogens with zero attached hydrogens (tertiary/aromatic N) is 5. The zero-order valence-corrected chi connectivity index (χ0v) is 23.6. The molecule has 1 unspecified atom stereocenters. The molecule has 5 rings (SSSR count). The van der Waals surface area contributed by atoms with Gasteiger partial charge >= 0.3 is 0 Å². The molecule has 0 spiro atoms. The fourth-order valence-corrected chi connectivity index (χ4v) is 4.47. The fourth-order valence-electron chi connectivity index (χ4n) is 3.42. The van der Waals surface area contributed by atoms with Crippen LogP contribution in [0.1, 0.15) is 35.6 Å². The topological polar surface area (TPSA) is 146 Å². The average molecular weight is 599 g/mol. The minimum atomic E-state index is 0.0837. The van der Waals surface area contributed by atoms with Gasteiger partial charge in [0.25, 0.3) is 5.89 Å². The number of hydrogen-bond donors (Lipinski definition) is 2. The van der Waals surface area contributed by atoms with Crippen LogP contribution in [0.3, 0.4) is 0 Å². The van der Waals surface area contributed by atoms with Gasteiger partial charge in [0.1, 0.15) is 17.7 Å². The third kappa shape index (κ3) is 8.13. The molecule has 4 aromatic heterocycles. The van der Waals surface area contributed by atoms with Gasteiger partial charge in [0, 0.05) is 24.8 Å². The van der Waals surface area contributed by atoms with Gasteiger partial charge < -0.3 is 19.9 Å². The fraction of sp³-hybridized carbons (Fsp3) is 0.231. The molecule has 0 saturated carbocycles. The molecule has 38 heavy (non-hydrogen) atoms. The Morgan fingerprint density at radius 1 is 1.08 bits per heavy atom. The summed E-state index contributed by atoms with van der Waals surface area (Å²) in [6, 6.07) is 14.1. The van der Waals surface area contributed by atoms with E-state index in [1.54, 1.807) is 24.6 Å². The quantitative estimate of drug-likeness (QED) is 0.239. The van der Waals surface area contributed by atoms with Crippen LogP contribution < -0.4 is 11.1 Å². The van der Waals surface area contributed by atoms with Crippen LogP contribution in [-0.2, 0) is 17.6 Å². The molecule has 4 heterocycles. The highest BCUT2D eigenvalue weighted by Gasteiger charge is 2.19. The summed E-state index contributed by atoms with van der Waals surface area (Å²) in [5, 5.41) is 12.8. The Kier molecular flexibility index (Phi) is 11.3. The molecule has 1 aromatic carbocycles. The van der Waals surface area contributed by atoms with Gasteiger partial charge in [-0.2, -0.15) is 0 Å². The van der Waals surface area contributed by atoms with Crippen LogP contribution >= 0.6 is 27.3 Å². The van der Waals surface area contributed by atoms with Gasteiger partial charge in [-0.05, 0) is 52.7 Å². The Morgan fingerprint density at radius 2 is 1.79 bits per heavy atom. The van der Waals surface area contributed by atoms with Gasteiger partial charge in [0.05, 0.1) is 11.9 Å². The molecule has 0 bridgehead atoms. The molecule has 0 saturated heterocycles. The predicted molar refractivity (Wildman–Crippen MR) is 149 cm³/mol. The van der Waals surface area contributed by atoms with E-state index in [0.717, 1.165) is 21.6 Å². The van der Waals surface area contributed by atoms with Crippen molar-refractivity contribution in [2.45, 2.75) is 25.7 Å². The van der Waals surface area contributed by atoms with Crippen molar-refractivity contribution in [2.24, 2.45) is 5.73 Å². The van der Waals surface area contributed by atoms with Crippen LogP contribution in [-0.4, -0.2) is 45.7 Å².